The fourth-order valence-electron chi connectivity index (χ4n) is 2.64. The van der Waals surface area contributed by atoms with Crippen molar-refractivity contribution in [1.82, 2.24) is 10.2 Å². The van der Waals surface area contributed by atoms with Crippen LogP contribution in [-0.4, -0.2) is 19.2 Å². The summed E-state index contributed by atoms with van der Waals surface area (Å²) in [5.41, 5.74) is 7.01. The maximum absolute atomic E-state index is 13.5. The number of hydrogen-bond acceptors (Lipinski definition) is 4. The minimum absolute atomic E-state index is 0.147. The summed E-state index contributed by atoms with van der Waals surface area (Å²) in [6.07, 6.45) is 0.478. The number of aromatic nitrogens is 2. The second-order valence-electron chi connectivity index (χ2n) is 6.39. The highest BCUT2D eigenvalue weighted by molar-refractivity contribution is 7.84. The molecule has 0 amide bonds. The maximum Gasteiger partial charge on any atom is 0.146 e. The van der Waals surface area contributed by atoms with E-state index in [1.165, 1.54) is 12.1 Å². The van der Waals surface area contributed by atoms with Gasteiger partial charge in [-0.15, -0.1) is 10.2 Å². The molecule has 1 aromatic carbocycles. The average Bonchev–Trinajstić information content (AvgIpc) is 2.45. The third kappa shape index (κ3) is 4.12. The quantitative estimate of drug-likeness (QED) is 0.863. The Labute approximate surface area is 142 Å². The summed E-state index contributed by atoms with van der Waals surface area (Å²) in [6.45, 7) is 5.47. The van der Waals surface area contributed by atoms with Crippen molar-refractivity contribution in [3.8, 4) is 11.3 Å². The van der Waals surface area contributed by atoms with Gasteiger partial charge in [0.25, 0.3) is 0 Å². The standard InChI is InChI=1S/C16H20F2N4OS/c1-9(8-16(2,3)24(20)23)13-7-14(19)21-22-15(13)10-4-11(17)6-12(18)5-10/h4-7,9H,8,20H2,1-3H3,(H2,19,21)/t9-,24?/m0/s1. The second kappa shape index (κ2) is 6.90. The molecule has 24 heavy (non-hydrogen) atoms. The summed E-state index contributed by atoms with van der Waals surface area (Å²) in [5.74, 6) is -1.35. The molecule has 130 valence electrons. The summed E-state index contributed by atoms with van der Waals surface area (Å²) < 4.78 is 38.1. The van der Waals surface area contributed by atoms with E-state index in [4.69, 9.17) is 10.9 Å². The topological polar surface area (TPSA) is 94.9 Å². The van der Waals surface area contributed by atoms with Crippen LogP contribution in [0, 0.1) is 11.6 Å². The molecule has 0 bridgehead atoms. The Morgan fingerprint density at radius 3 is 2.29 bits per heavy atom. The van der Waals surface area contributed by atoms with Crippen LogP contribution in [-0.2, 0) is 11.0 Å². The van der Waals surface area contributed by atoms with Crippen LogP contribution >= 0.6 is 0 Å². The zero-order valence-electron chi connectivity index (χ0n) is 13.7. The lowest BCUT2D eigenvalue weighted by Gasteiger charge is -2.26. The van der Waals surface area contributed by atoms with Gasteiger partial charge in [0.1, 0.15) is 17.5 Å². The molecule has 4 N–H and O–H groups in total. The van der Waals surface area contributed by atoms with Crippen molar-refractivity contribution >= 4 is 16.8 Å². The number of rotatable bonds is 5. The normalized spacial score (nSPS) is 14.4. The van der Waals surface area contributed by atoms with Gasteiger partial charge in [0.2, 0.25) is 0 Å². The molecule has 0 spiro atoms. The van der Waals surface area contributed by atoms with Gasteiger partial charge in [0.15, 0.2) is 0 Å². The van der Waals surface area contributed by atoms with Gasteiger partial charge in [0, 0.05) is 11.6 Å². The van der Waals surface area contributed by atoms with Crippen molar-refractivity contribution in [2.75, 3.05) is 5.73 Å². The van der Waals surface area contributed by atoms with E-state index in [0.29, 0.717) is 17.7 Å². The molecule has 1 aromatic heterocycles. The van der Waals surface area contributed by atoms with Crippen LogP contribution in [0.5, 0.6) is 0 Å². The minimum Gasteiger partial charge on any atom is -0.382 e. The fourth-order valence-corrected chi connectivity index (χ4v) is 3.06. The van der Waals surface area contributed by atoms with Crippen molar-refractivity contribution in [3.05, 3.63) is 41.5 Å². The lowest BCUT2D eigenvalue weighted by Crippen LogP contribution is -2.33. The largest absolute Gasteiger partial charge is 0.382 e. The molecule has 5 nitrogen and oxygen atoms in total. The van der Waals surface area contributed by atoms with Crippen molar-refractivity contribution < 1.29 is 13.0 Å². The number of nitrogens with zero attached hydrogens (tertiary/aromatic N) is 2. The molecule has 0 saturated carbocycles. The Balaban J connectivity index is 2.50. The van der Waals surface area contributed by atoms with Gasteiger partial charge in [-0.25, -0.2) is 13.0 Å². The Hall–Kier alpha value is -1.93. The molecule has 0 saturated heterocycles. The average molecular weight is 354 g/mol. The summed E-state index contributed by atoms with van der Waals surface area (Å²) >= 11 is 0. The van der Waals surface area contributed by atoms with Gasteiger partial charge in [-0.05, 0) is 49.9 Å². The highest BCUT2D eigenvalue weighted by Crippen LogP contribution is 2.34. The molecule has 2 aromatic rings. The van der Waals surface area contributed by atoms with Crippen molar-refractivity contribution in [1.29, 1.82) is 0 Å². The molecule has 1 heterocycles. The van der Waals surface area contributed by atoms with Crippen molar-refractivity contribution in [3.63, 3.8) is 0 Å². The van der Waals surface area contributed by atoms with Gasteiger partial charge in [-0.3, -0.25) is 5.14 Å². The molecule has 2 atom stereocenters. The van der Waals surface area contributed by atoms with E-state index in [1.54, 1.807) is 19.9 Å². The second-order valence-corrected chi connectivity index (χ2v) is 8.09. The van der Waals surface area contributed by atoms with Crippen LogP contribution < -0.4 is 10.9 Å². The van der Waals surface area contributed by atoms with Gasteiger partial charge in [-0.2, -0.15) is 0 Å². The Kier molecular flexibility index (Phi) is 5.29. The highest BCUT2D eigenvalue weighted by Gasteiger charge is 2.28. The van der Waals surface area contributed by atoms with Gasteiger partial charge in [0.05, 0.1) is 21.4 Å². The number of halogens is 2. The number of benzene rings is 1. The molecule has 1 unspecified atom stereocenters. The lowest BCUT2D eigenvalue weighted by atomic mass is 9.89. The van der Waals surface area contributed by atoms with Crippen LogP contribution in [0.4, 0.5) is 14.6 Å². The SMILES string of the molecule is C[C@@H](CC(C)(C)S(N)=O)c1cc(N)nnc1-c1cc(F)cc(F)c1. The number of nitrogen functional groups attached to an aromatic ring is 1. The molecule has 2 rings (SSSR count). The van der Waals surface area contributed by atoms with Crippen LogP contribution in [0.25, 0.3) is 11.3 Å². The van der Waals surface area contributed by atoms with E-state index in [0.717, 1.165) is 6.07 Å². The van der Waals surface area contributed by atoms with Crippen LogP contribution in [0.3, 0.4) is 0 Å². The summed E-state index contributed by atoms with van der Waals surface area (Å²) in [4.78, 5) is 0. The third-order valence-electron chi connectivity index (χ3n) is 3.85. The van der Waals surface area contributed by atoms with Gasteiger partial charge in [-0.1, -0.05) is 6.92 Å². The van der Waals surface area contributed by atoms with E-state index in [9.17, 15) is 13.0 Å². The fraction of sp³-hybridized carbons (Fsp3) is 0.375. The minimum atomic E-state index is -1.52. The van der Waals surface area contributed by atoms with Gasteiger partial charge < -0.3 is 5.73 Å². The predicted octanol–water partition coefficient (Wildman–Crippen LogP) is 2.90. The van der Waals surface area contributed by atoms with Crippen molar-refractivity contribution in [2.24, 2.45) is 5.14 Å². The van der Waals surface area contributed by atoms with E-state index in [2.05, 4.69) is 10.2 Å². The monoisotopic (exact) mass is 354 g/mol. The molecule has 0 aliphatic heterocycles. The van der Waals surface area contributed by atoms with Gasteiger partial charge >= 0.3 is 0 Å². The van der Waals surface area contributed by atoms with E-state index >= 15 is 0 Å². The first kappa shape index (κ1) is 18.4. The molecule has 0 aliphatic carbocycles. The first-order chi connectivity index (χ1) is 11.1. The summed E-state index contributed by atoms with van der Waals surface area (Å²) in [6, 6.07) is 4.78. The zero-order valence-corrected chi connectivity index (χ0v) is 14.5. The van der Waals surface area contributed by atoms with Crippen LogP contribution in [0.2, 0.25) is 0 Å². The first-order valence-corrected chi connectivity index (χ1v) is 8.57. The first-order valence-electron chi connectivity index (χ1n) is 7.36. The number of nitrogens with two attached hydrogens (primary N) is 2. The molecule has 0 aliphatic rings. The van der Waals surface area contributed by atoms with Crippen LogP contribution in [0.15, 0.2) is 24.3 Å². The number of anilines is 1. The zero-order chi connectivity index (χ0) is 18.1. The maximum atomic E-state index is 13.5. The van der Waals surface area contributed by atoms with E-state index in [1.807, 2.05) is 6.92 Å². The molecule has 0 fully saturated rings. The predicted molar refractivity (Wildman–Crippen MR) is 91.2 cm³/mol. The lowest BCUT2D eigenvalue weighted by molar-refractivity contribution is 0.540. The summed E-state index contributed by atoms with van der Waals surface area (Å²) in [5, 5.41) is 13.3. The smallest absolute Gasteiger partial charge is 0.146 e. The van der Waals surface area contributed by atoms with Crippen LogP contribution in [0.1, 0.15) is 38.7 Å². The van der Waals surface area contributed by atoms with E-state index < -0.39 is 27.4 Å². The van der Waals surface area contributed by atoms with E-state index in [-0.39, 0.29) is 17.3 Å². The summed E-state index contributed by atoms with van der Waals surface area (Å²) in [7, 11) is -1.52. The molecular weight excluding hydrogens is 334 g/mol. The molecule has 8 heteroatoms. The Morgan fingerprint density at radius 2 is 1.75 bits per heavy atom. The third-order valence-corrected chi connectivity index (χ3v) is 5.11. The Morgan fingerprint density at radius 1 is 1.17 bits per heavy atom. The Bertz CT molecular complexity index is 762. The van der Waals surface area contributed by atoms with Crippen molar-refractivity contribution in [2.45, 2.75) is 37.9 Å². The molecule has 0 radical (unpaired) electrons. The molecular formula is C16H20F2N4OS. The number of hydrogen-bond donors (Lipinski definition) is 2. The highest BCUT2D eigenvalue weighted by atomic mass is 32.2.